The molecule has 0 aromatic heterocycles. The predicted molar refractivity (Wildman–Crippen MR) is 128 cm³/mol. The molecular weight excluding hydrogens is 418 g/mol. The van der Waals surface area contributed by atoms with Gasteiger partial charge < -0.3 is 26.2 Å². The van der Waals surface area contributed by atoms with Crippen LogP contribution in [-0.2, 0) is 11.3 Å². The summed E-state index contributed by atoms with van der Waals surface area (Å²) in [7, 11) is 1.59. The van der Waals surface area contributed by atoms with Gasteiger partial charge in [-0.25, -0.2) is 4.79 Å². The number of likely N-dealkylation sites (tertiary alicyclic amines) is 1. The fourth-order valence-electron chi connectivity index (χ4n) is 4.63. The molecule has 0 spiro atoms. The van der Waals surface area contributed by atoms with Crippen molar-refractivity contribution in [3.63, 3.8) is 0 Å². The van der Waals surface area contributed by atoms with Crippen LogP contribution in [-0.4, -0.2) is 67.0 Å². The minimum Gasteiger partial charge on any atom is -0.369 e. The molecule has 9 heteroatoms. The predicted octanol–water partition coefficient (Wildman–Crippen LogP) is 1.70. The lowest BCUT2D eigenvalue weighted by Crippen LogP contribution is -2.48. The average Bonchev–Trinajstić information content (AvgIpc) is 2.81. The van der Waals surface area contributed by atoms with Gasteiger partial charge in [0.1, 0.15) is 5.82 Å². The first-order valence-electron chi connectivity index (χ1n) is 11.6. The third-order valence-corrected chi connectivity index (χ3v) is 6.33. The van der Waals surface area contributed by atoms with Crippen molar-refractivity contribution in [2.24, 2.45) is 5.73 Å². The maximum Gasteiger partial charge on any atom is 0.323 e. The molecule has 178 valence electrons. The molecule has 2 aliphatic heterocycles. The number of nitrogens with one attached hydrogen (secondary N) is 2. The molecule has 33 heavy (non-hydrogen) atoms. The van der Waals surface area contributed by atoms with E-state index in [2.05, 4.69) is 28.2 Å². The Bertz CT molecular complexity index is 926. The first-order chi connectivity index (χ1) is 15.8. The van der Waals surface area contributed by atoms with E-state index in [0.29, 0.717) is 24.5 Å². The van der Waals surface area contributed by atoms with Crippen molar-refractivity contribution in [2.45, 2.75) is 51.2 Å². The molecule has 0 saturated carbocycles. The molecule has 4 N–H and O–H groups in total. The van der Waals surface area contributed by atoms with Gasteiger partial charge in [-0.05, 0) is 49.4 Å². The Hall–Kier alpha value is -3.25. The number of benzene rings is 1. The molecular formula is C24H35N7O2. The standard InChI is InChI=1S/C24H35N7O2/c1-17(32)28-22-7-5-11-30(16-22)23-9-8-19(13-25)20(12-23)14-31(24(33)27-3)18(2)29-10-4-6-21(26)15-29/h8-9,12,21-22H,2,4-7,10-11,14-16,26H2,1,3H3,(H,27,33)(H,28,32)/t21-,22+/m1/s1. The summed E-state index contributed by atoms with van der Waals surface area (Å²) in [5.74, 6) is 0.557. The van der Waals surface area contributed by atoms with Crippen LogP contribution in [0.2, 0.25) is 0 Å². The molecule has 9 nitrogen and oxygen atoms in total. The van der Waals surface area contributed by atoms with Crippen LogP contribution in [0.5, 0.6) is 0 Å². The van der Waals surface area contributed by atoms with Crippen LogP contribution in [0.1, 0.15) is 43.7 Å². The first-order valence-corrected chi connectivity index (χ1v) is 11.6. The van der Waals surface area contributed by atoms with Crippen molar-refractivity contribution in [1.82, 2.24) is 20.4 Å². The molecule has 0 radical (unpaired) electrons. The molecule has 1 aromatic carbocycles. The van der Waals surface area contributed by atoms with Gasteiger partial charge in [0.25, 0.3) is 0 Å². The highest BCUT2D eigenvalue weighted by atomic mass is 16.2. The third-order valence-electron chi connectivity index (χ3n) is 6.33. The summed E-state index contributed by atoms with van der Waals surface area (Å²) in [6, 6.07) is 7.82. The van der Waals surface area contributed by atoms with Crippen LogP contribution in [0, 0.1) is 11.3 Å². The highest BCUT2D eigenvalue weighted by Gasteiger charge is 2.26. The summed E-state index contributed by atoms with van der Waals surface area (Å²) in [6.45, 7) is 8.98. The zero-order chi connectivity index (χ0) is 24.0. The summed E-state index contributed by atoms with van der Waals surface area (Å²) >= 11 is 0. The van der Waals surface area contributed by atoms with E-state index >= 15 is 0 Å². The normalized spacial score (nSPS) is 20.5. The van der Waals surface area contributed by atoms with Crippen molar-refractivity contribution in [1.29, 1.82) is 5.26 Å². The van der Waals surface area contributed by atoms with Gasteiger partial charge in [0.15, 0.2) is 0 Å². The summed E-state index contributed by atoms with van der Waals surface area (Å²) in [4.78, 5) is 30.1. The van der Waals surface area contributed by atoms with Crippen LogP contribution in [0.25, 0.3) is 0 Å². The first kappa shape index (κ1) is 24.4. The minimum atomic E-state index is -0.280. The van der Waals surface area contributed by atoms with Gasteiger partial charge in [-0.2, -0.15) is 5.26 Å². The number of piperidine rings is 2. The van der Waals surface area contributed by atoms with Crippen molar-refractivity contribution in [3.8, 4) is 6.07 Å². The second kappa shape index (κ2) is 11.1. The lowest BCUT2D eigenvalue weighted by molar-refractivity contribution is -0.119. The maximum absolute atomic E-state index is 12.8. The number of nitrogens with zero attached hydrogens (tertiary/aromatic N) is 4. The van der Waals surface area contributed by atoms with E-state index in [0.717, 1.165) is 50.0 Å². The van der Waals surface area contributed by atoms with Gasteiger partial charge in [-0.3, -0.25) is 9.69 Å². The zero-order valence-electron chi connectivity index (χ0n) is 19.6. The molecule has 3 amide bonds. The Balaban J connectivity index is 1.83. The fourth-order valence-corrected chi connectivity index (χ4v) is 4.63. The van der Waals surface area contributed by atoms with Gasteiger partial charge in [0, 0.05) is 57.9 Å². The van der Waals surface area contributed by atoms with Crippen LogP contribution in [0.15, 0.2) is 30.6 Å². The lowest BCUT2D eigenvalue weighted by atomic mass is 10.0. The number of anilines is 1. The highest BCUT2D eigenvalue weighted by Crippen LogP contribution is 2.26. The van der Waals surface area contributed by atoms with E-state index in [1.54, 1.807) is 18.0 Å². The van der Waals surface area contributed by atoms with Crippen molar-refractivity contribution < 1.29 is 9.59 Å². The molecule has 0 bridgehead atoms. The van der Waals surface area contributed by atoms with E-state index in [1.807, 2.05) is 17.0 Å². The van der Waals surface area contributed by atoms with Gasteiger partial charge in [0.05, 0.1) is 18.2 Å². The van der Waals surface area contributed by atoms with Crippen LogP contribution >= 0.6 is 0 Å². The molecule has 1 aromatic rings. The Labute approximate surface area is 196 Å². The summed E-state index contributed by atoms with van der Waals surface area (Å²) < 4.78 is 0. The second-order valence-corrected chi connectivity index (χ2v) is 8.84. The number of carbonyl (C=O) groups excluding carboxylic acids is 2. The molecule has 2 aliphatic rings. The Kier molecular flexibility index (Phi) is 8.17. The van der Waals surface area contributed by atoms with Crippen LogP contribution in [0.3, 0.4) is 0 Å². The largest absolute Gasteiger partial charge is 0.369 e. The smallest absolute Gasteiger partial charge is 0.323 e. The molecule has 2 heterocycles. The van der Waals surface area contributed by atoms with Gasteiger partial charge in [0.2, 0.25) is 5.91 Å². The van der Waals surface area contributed by atoms with Crippen molar-refractivity contribution in [2.75, 3.05) is 38.1 Å². The SMILES string of the molecule is C=C(N1CCC[C@@H](N)C1)N(Cc1cc(N2CCC[C@H](NC(C)=O)C2)ccc1C#N)C(=O)NC. The number of amides is 3. The Morgan fingerprint density at radius 3 is 2.70 bits per heavy atom. The minimum absolute atomic E-state index is 0.0282. The summed E-state index contributed by atoms with van der Waals surface area (Å²) in [5.41, 5.74) is 8.38. The number of nitrogens with two attached hydrogens (primary N) is 1. The summed E-state index contributed by atoms with van der Waals surface area (Å²) in [6.07, 6.45) is 3.82. The molecule has 2 atom stereocenters. The maximum atomic E-state index is 12.8. The molecule has 0 unspecified atom stereocenters. The number of carbonyl (C=O) groups is 2. The number of hydrogen-bond acceptors (Lipinski definition) is 6. The van der Waals surface area contributed by atoms with E-state index in [4.69, 9.17) is 5.73 Å². The van der Waals surface area contributed by atoms with E-state index in [9.17, 15) is 14.9 Å². The second-order valence-electron chi connectivity index (χ2n) is 8.84. The van der Waals surface area contributed by atoms with Crippen molar-refractivity contribution in [3.05, 3.63) is 41.7 Å². The number of urea groups is 1. The van der Waals surface area contributed by atoms with Crippen molar-refractivity contribution >= 4 is 17.6 Å². The van der Waals surface area contributed by atoms with Crippen LogP contribution < -0.4 is 21.3 Å². The highest BCUT2D eigenvalue weighted by molar-refractivity contribution is 5.76. The Morgan fingerprint density at radius 1 is 1.27 bits per heavy atom. The quantitative estimate of drug-likeness (QED) is 0.603. The number of hydrogen-bond donors (Lipinski definition) is 3. The monoisotopic (exact) mass is 453 g/mol. The topological polar surface area (TPSA) is 118 Å². The van der Waals surface area contributed by atoms with Crippen LogP contribution in [0.4, 0.5) is 10.5 Å². The zero-order valence-corrected chi connectivity index (χ0v) is 19.6. The molecule has 3 rings (SSSR count). The Morgan fingerprint density at radius 2 is 2.03 bits per heavy atom. The van der Waals surface area contributed by atoms with E-state index in [1.165, 1.54) is 6.92 Å². The van der Waals surface area contributed by atoms with Gasteiger partial charge in [-0.15, -0.1) is 0 Å². The van der Waals surface area contributed by atoms with E-state index in [-0.39, 0.29) is 30.6 Å². The fraction of sp³-hybridized carbons (Fsp3) is 0.542. The average molecular weight is 454 g/mol. The van der Waals surface area contributed by atoms with E-state index < -0.39 is 0 Å². The number of rotatable bonds is 6. The molecule has 2 saturated heterocycles. The van der Waals surface area contributed by atoms with Gasteiger partial charge >= 0.3 is 6.03 Å². The molecule has 0 aliphatic carbocycles. The third kappa shape index (κ3) is 6.17. The van der Waals surface area contributed by atoms with Gasteiger partial charge in [-0.1, -0.05) is 6.58 Å². The number of nitriles is 1. The lowest BCUT2D eigenvalue weighted by Gasteiger charge is -2.38. The summed E-state index contributed by atoms with van der Waals surface area (Å²) in [5, 5.41) is 15.4. The molecule has 2 fully saturated rings.